The Bertz CT molecular complexity index is 803. The van der Waals surface area contributed by atoms with Gasteiger partial charge in [-0.3, -0.25) is 0 Å². The fourth-order valence-corrected chi connectivity index (χ4v) is 4.48. The third-order valence-corrected chi connectivity index (χ3v) is 6.24. The van der Waals surface area contributed by atoms with Gasteiger partial charge in [-0.1, -0.05) is 11.6 Å². The molecule has 0 atom stereocenters. The van der Waals surface area contributed by atoms with Crippen molar-refractivity contribution >= 4 is 27.3 Å². The quantitative estimate of drug-likeness (QED) is 0.939. The molecule has 0 spiro atoms. The molecule has 2 aromatic rings. The number of rotatable bonds is 3. The van der Waals surface area contributed by atoms with Gasteiger partial charge in [-0.15, -0.1) is 0 Å². The van der Waals surface area contributed by atoms with Crippen LogP contribution in [0.1, 0.15) is 30.1 Å². The molecule has 6 heteroatoms. The van der Waals surface area contributed by atoms with E-state index in [2.05, 4.69) is 0 Å². The van der Waals surface area contributed by atoms with Crippen LogP contribution in [0.5, 0.6) is 0 Å². The Morgan fingerprint density at radius 1 is 1.19 bits per heavy atom. The fourth-order valence-electron chi connectivity index (χ4n) is 2.70. The predicted octanol–water partition coefficient (Wildman–Crippen LogP) is 3.51. The molecule has 21 heavy (non-hydrogen) atoms. The Balaban J connectivity index is 2.20. The smallest absolute Gasteiger partial charge is 0.210 e. The topological polar surface area (TPSA) is 65.1 Å². The second-order valence-electron chi connectivity index (χ2n) is 5.48. The summed E-state index contributed by atoms with van der Waals surface area (Å²) in [6.07, 6.45) is 2.11. The van der Waals surface area contributed by atoms with Gasteiger partial charge in [0, 0.05) is 16.8 Å². The lowest BCUT2D eigenvalue weighted by Crippen LogP contribution is -2.08. The van der Waals surface area contributed by atoms with E-state index in [0.29, 0.717) is 16.9 Å². The summed E-state index contributed by atoms with van der Waals surface area (Å²) in [6.45, 7) is 3.73. The number of benzene rings is 1. The van der Waals surface area contributed by atoms with Crippen molar-refractivity contribution in [3.05, 3.63) is 40.5 Å². The number of nitrogen functional groups attached to an aromatic ring is 1. The van der Waals surface area contributed by atoms with Crippen molar-refractivity contribution in [2.24, 2.45) is 0 Å². The molecule has 1 heterocycles. The molecule has 0 bridgehead atoms. The molecule has 0 amide bonds. The zero-order chi connectivity index (χ0) is 15.4. The average molecular weight is 325 g/mol. The summed E-state index contributed by atoms with van der Waals surface area (Å²) in [6, 6.07) is 6.52. The van der Waals surface area contributed by atoms with Crippen molar-refractivity contribution in [1.29, 1.82) is 0 Å². The van der Waals surface area contributed by atoms with Crippen molar-refractivity contribution in [2.75, 3.05) is 5.73 Å². The lowest BCUT2D eigenvalue weighted by atomic mass is 10.3. The maximum Gasteiger partial charge on any atom is 0.210 e. The molecule has 0 radical (unpaired) electrons. The Labute approximate surface area is 129 Å². The van der Waals surface area contributed by atoms with Crippen molar-refractivity contribution in [2.45, 2.75) is 42.5 Å². The van der Waals surface area contributed by atoms with Crippen LogP contribution in [0, 0.1) is 13.8 Å². The van der Waals surface area contributed by atoms with Gasteiger partial charge in [-0.2, -0.15) is 0 Å². The van der Waals surface area contributed by atoms with Gasteiger partial charge in [0.1, 0.15) is 10.7 Å². The molecule has 1 aromatic carbocycles. The first-order valence-electron chi connectivity index (χ1n) is 6.81. The van der Waals surface area contributed by atoms with E-state index in [1.165, 1.54) is 12.1 Å². The number of hydrogen-bond acceptors (Lipinski definition) is 3. The fraction of sp³-hybridized carbons (Fsp3) is 0.333. The molecule has 112 valence electrons. The maximum absolute atomic E-state index is 12.9. The van der Waals surface area contributed by atoms with Crippen LogP contribution in [0.4, 0.5) is 5.82 Å². The molecule has 0 aliphatic heterocycles. The van der Waals surface area contributed by atoms with Crippen molar-refractivity contribution in [3.8, 4) is 0 Å². The molecule has 1 aliphatic rings. The van der Waals surface area contributed by atoms with E-state index in [-0.39, 0.29) is 9.79 Å². The normalized spacial score (nSPS) is 15.4. The van der Waals surface area contributed by atoms with E-state index in [0.717, 1.165) is 24.1 Å². The summed E-state index contributed by atoms with van der Waals surface area (Å²) in [5.74, 6) is 0.349. The first kappa shape index (κ1) is 14.5. The van der Waals surface area contributed by atoms with Crippen LogP contribution >= 0.6 is 11.6 Å². The highest BCUT2D eigenvalue weighted by Gasteiger charge is 2.33. The summed E-state index contributed by atoms with van der Waals surface area (Å²) in [5, 5.41) is 0.505. The first-order chi connectivity index (χ1) is 9.84. The minimum absolute atomic E-state index is 0.217. The van der Waals surface area contributed by atoms with Gasteiger partial charge in [0.2, 0.25) is 9.84 Å². The summed E-state index contributed by atoms with van der Waals surface area (Å²) < 4.78 is 27.7. The molecule has 2 N–H and O–H groups in total. The van der Waals surface area contributed by atoms with Gasteiger partial charge in [0.25, 0.3) is 0 Å². The molecule has 3 rings (SSSR count). The highest BCUT2D eigenvalue weighted by molar-refractivity contribution is 7.91. The van der Waals surface area contributed by atoms with Crippen LogP contribution in [0.15, 0.2) is 34.1 Å². The number of sulfone groups is 1. The molecule has 1 aliphatic carbocycles. The van der Waals surface area contributed by atoms with E-state index in [9.17, 15) is 8.42 Å². The van der Waals surface area contributed by atoms with E-state index < -0.39 is 9.84 Å². The summed E-state index contributed by atoms with van der Waals surface area (Å²) in [7, 11) is -3.63. The molecule has 1 fully saturated rings. The highest BCUT2D eigenvalue weighted by Crippen LogP contribution is 2.43. The largest absolute Gasteiger partial charge is 0.384 e. The molecule has 1 aromatic heterocycles. The molecule has 1 saturated carbocycles. The summed E-state index contributed by atoms with van der Waals surface area (Å²) >= 11 is 5.83. The van der Waals surface area contributed by atoms with Gasteiger partial charge in [0.15, 0.2) is 0 Å². The Morgan fingerprint density at radius 3 is 2.29 bits per heavy atom. The highest BCUT2D eigenvalue weighted by atomic mass is 35.5. The minimum Gasteiger partial charge on any atom is -0.384 e. The van der Waals surface area contributed by atoms with E-state index >= 15 is 0 Å². The van der Waals surface area contributed by atoms with Crippen LogP contribution < -0.4 is 5.73 Å². The van der Waals surface area contributed by atoms with Gasteiger partial charge < -0.3 is 10.3 Å². The van der Waals surface area contributed by atoms with Crippen LogP contribution in [0.3, 0.4) is 0 Å². The molecule has 0 unspecified atom stereocenters. The Morgan fingerprint density at radius 2 is 1.76 bits per heavy atom. The average Bonchev–Trinajstić information content (AvgIpc) is 3.20. The minimum atomic E-state index is -3.63. The van der Waals surface area contributed by atoms with Crippen LogP contribution in [0.25, 0.3) is 0 Å². The van der Waals surface area contributed by atoms with E-state index in [4.69, 9.17) is 17.3 Å². The number of nitrogens with two attached hydrogens (primary N) is 1. The maximum atomic E-state index is 12.9. The number of halogens is 1. The summed E-state index contributed by atoms with van der Waals surface area (Å²) in [4.78, 5) is 0.448. The Hall–Kier alpha value is -1.46. The number of nitrogens with zero attached hydrogens (tertiary/aromatic N) is 1. The summed E-state index contributed by atoms with van der Waals surface area (Å²) in [5.41, 5.74) is 7.82. The molecule has 0 saturated heterocycles. The van der Waals surface area contributed by atoms with E-state index in [1.807, 2.05) is 18.4 Å². The van der Waals surface area contributed by atoms with Crippen molar-refractivity contribution < 1.29 is 8.42 Å². The number of hydrogen-bond donors (Lipinski definition) is 1. The Kier molecular flexibility index (Phi) is 3.30. The standard InChI is InChI=1S/C15H17ClN2O2S/c1-9-10(2)18(12-5-6-12)15(17)14(9)21(19,20)13-7-3-11(16)4-8-13/h3-4,7-8,12H,5-6,17H2,1-2H3. The van der Waals surface area contributed by atoms with Gasteiger partial charge in [-0.25, -0.2) is 8.42 Å². The van der Waals surface area contributed by atoms with Crippen molar-refractivity contribution in [3.63, 3.8) is 0 Å². The van der Waals surface area contributed by atoms with E-state index in [1.54, 1.807) is 12.1 Å². The number of aromatic nitrogens is 1. The molecular formula is C15H17ClN2O2S. The zero-order valence-corrected chi connectivity index (χ0v) is 13.5. The second-order valence-corrected chi connectivity index (χ2v) is 7.81. The zero-order valence-electron chi connectivity index (χ0n) is 11.9. The van der Waals surface area contributed by atoms with Crippen LogP contribution in [-0.4, -0.2) is 13.0 Å². The third-order valence-electron chi connectivity index (χ3n) is 4.04. The lowest BCUT2D eigenvalue weighted by molar-refractivity contribution is 0.595. The van der Waals surface area contributed by atoms with Gasteiger partial charge >= 0.3 is 0 Å². The van der Waals surface area contributed by atoms with Gasteiger partial charge in [-0.05, 0) is 56.5 Å². The number of anilines is 1. The SMILES string of the molecule is Cc1c(S(=O)(=O)c2ccc(Cl)cc2)c(N)n(C2CC2)c1C. The third kappa shape index (κ3) is 2.24. The van der Waals surface area contributed by atoms with Crippen molar-refractivity contribution in [1.82, 2.24) is 4.57 Å². The monoisotopic (exact) mass is 324 g/mol. The second kappa shape index (κ2) is 4.78. The predicted molar refractivity (Wildman–Crippen MR) is 83.5 cm³/mol. The lowest BCUT2D eigenvalue weighted by Gasteiger charge is -2.08. The molecular weight excluding hydrogens is 308 g/mol. The van der Waals surface area contributed by atoms with Crippen LogP contribution in [-0.2, 0) is 9.84 Å². The first-order valence-corrected chi connectivity index (χ1v) is 8.67. The van der Waals surface area contributed by atoms with Gasteiger partial charge in [0.05, 0.1) is 4.90 Å². The molecule has 4 nitrogen and oxygen atoms in total. The van der Waals surface area contributed by atoms with Crippen LogP contribution in [0.2, 0.25) is 5.02 Å².